The third-order valence-corrected chi connectivity index (χ3v) is 4.42. The van der Waals surface area contributed by atoms with E-state index in [0.29, 0.717) is 29.4 Å². The molecule has 0 saturated carbocycles. The molecule has 0 N–H and O–H groups in total. The highest BCUT2D eigenvalue weighted by Crippen LogP contribution is 2.31. The maximum Gasteiger partial charge on any atom is 0.336 e. The van der Waals surface area contributed by atoms with Crippen molar-refractivity contribution in [2.75, 3.05) is 19.7 Å². The molecule has 1 aromatic heterocycles. The highest BCUT2D eigenvalue weighted by Gasteiger charge is 2.26. The van der Waals surface area contributed by atoms with E-state index in [9.17, 15) is 9.59 Å². The van der Waals surface area contributed by atoms with Gasteiger partial charge in [-0.05, 0) is 32.4 Å². The summed E-state index contributed by atoms with van der Waals surface area (Å²) in [5, 5.41) is 1.10. The fourth-order valence-electron chi connectivity index (χ4n) is 3.04. The molecule has 0 unspecified atom stereocenters. The van der Waals surface area contributed by atoms with Gasteiger partial charge in [-0.3, -0.25) is 4.79 Å². The number of hydrogen-bond donors (Lipinski definition) is 0. The van der Waals surface area contributed by atoms with Crippen molar-refractivity contribution in [1.82, 2.24) is 4.90 Å². The molecule has 1 aromatic carbocycles. The van der Waals surface area contributed by atoms with Crippen molar-refractivity contribution in [1.29, 1.82) is 0 Å². The maximum absolute atomic E-state index is 12.4. The molecular weight excluding hydrogens is 346 g/mol. The minimum Gasteiger partial charge on any atom is -0.482 e. The number of carbonyl (C=O) groups excluding carboxylic acids is 1. The molecule has 2 aromatic rings. The van der Waals surface area contributed by atoms with Crippen LogP contribution in [0.1, 0.15) is 19.4 Å². The molecule has 1 aliphatic heterocycles. The van der Waals surface area contributed by atoms with Crippen LogP contribution < -0.4 is 10.4 Å². The molecule has 3 rings (SSSR count). The van der Waals surface area contributed by atoms with Gasteiger partial charge in [-0.1, -0.05) is 11.6 Å². The first-order chi connectivity index (χ1) is 11.8. The largest absolute Gasteiger partial charge is 0.482 e. The molecule has 1 fully saturated rings. The quantitative estimate of drug-likeness (QED) is 0.782. The molecule has 6 nitrogen and oxygen atoms in total. The van der Waals surface area contributed by atoms with Gasteiger partial charge < -0.3 is 18.8 Å². The van der Waals surface area contributed by atoms with Crippen LogP contribution in [0.25, 0.3) is 11.0 Å². The van der Waals surface area contributed by atoms with Gasteiger partial charge >= 0.3 is 5.63 Å². The average Bonchev–Trinajstić information content (AvgIpc) is 2.52. The van der Waals surface area contributed by atoms with E-state index in [1.54, 1.807) is 24.0 Å². The molecular formula is C18H20ClNO5. The zero-order valence-electron chi connectivity index (χ0n) is 14.4. The Labute approximate surface area is 150 Å². The van der Waals surface area contributed by atoms with Gasteiger partial charge in [0, 0.05) is 30.6 Å². The Kier molecular flexibility index (Phi) is 5.01. The van der Waals surface area contributed by atoms with Gasteiger partial charge in [0.2, 0.25) is 0 Å². The molecule has 2 atom stereocenters. The van der Waals surface area contributed by atoms with Gasteiger partial charge in [0.1, 0.15) is 11.3 Å². The SMILES string of the molecule is Cc1cc(=O)oc2cc(OCC(=O)N3C[C@@H](C)O[C@H](C)C3)c(Cl)cc12. The summed E-state index contributed by atoms with van der Waals surface area (Å²) in [5.74, 6) is 0.175. The molecule has 0 spiro atoms. The lowest BCUT2D eigenvalue weighted by molar-refractivity contribution is -0.145. The Morgan fingerprint density at radius 1 is 1.28 bits per heavy atom. The molecule has 7 heteroatoms. The number of nitrogens with zero attached hydrogens (tertiary/aromatic N) is 1. The number of carbonyl (C=O) groups is 1. The van der Waals surface area contributed by atoms with E-state index >= 15 is 0 Å². The Balaban J connectivity index is 1.75. The predicted molar refractivity (Wildman–Crippen MR) is 94.3 cm³/mol. The number of halogens is 1. The van der Waals surface area contributed by atoms with Gasteiger partial charge in [-0.15, -0.1) is 0 Å². The number of hydrogen-bond acceptors (Lipinski definition) is 5. The van der Waals surface area contributed by atoms with Crippen LogP contribution in [0.5, 0.6) is 5.75 Å². The number of rotatable bonds is 3. The number of aryl methyl sites for hydroxylation is 1. The first-order valence-corrected chi connectivity index (χ1v) is 8.51. The number of benzene rings is 1. The first kappa shape index (κ1) is 17.8. The lowest BCUT2D eigenvalue weighted by Crippen LogP contribution is -2.49. The summed E-state index contributed by atoms with van der Waals surface area (Å²) in [4.78, 5) is 25.6. The average molecular weight is 366 g/mol. The molecule has 2 heterocycles. The van der Waals surface area contributed by atoms with E-state index in [-0.39, 0.29) is 24.7 Å². The molecule has 0 radical (unpaired) electrons. The molecule has 0 aliphatic carbocycles. The summed E-state index contributed by atoms with van der Waals surface area (Å²) in [6.45, 7) is 6.60. The number of ether oxygens (including phenoxy) is 2. The van der Waals surface area contributed by atoms with Crippen LogP contribution in [0.3, 0.4) is 0 Å². The molecule has 1 aliphatic rings. The summed E-state index contributed by atoms with van der Waals surface area (Å²) in [5.41, 5.74) is 0.711. The van der Waals surface area contributed by atoms with Crippen LogP contribution in [-0.4, -0.2) is 42.7 Å². The Hall–Kier alpha value is -2.05. The highest BCUT2D eigenvalue weighted by atomic mass is 35.5. The Morgan fingerprint density at radius 3 is 2.64 bits per heavy atom. The lowest BCUT2D eigenvalue weighted by atomic mass is 10.1. The second-order valence-corrected chi connectivity index (χ2v) is 6.78. The highest BCUT2D eigenvalue weighted by molar-refractivity contribution is 6.32. The van der Waals surface area contributed by atoms with Crippen LogP contribution in [0, 0.1) is 6.92 Å². The normalized spacial score (nSPS) is 20.7. The zero-order chi connectivity index (χ0) is 18.1. The minimum atomic E-state index is -0.439. The minimum absolute atomic E-state index is 0.00536. The molecule has 134 valence electrons. The fourth-order valence-corrected chi connectivity index (χ4v) is 3.26. The molecule has 25 heavy (non-hydrogen) atoms. The topological polar surface area (TPSA) is 69.0 Å². The Bertz CT molecular complexity index is 852. The first-order valence-electron chi connectivity index (χ1n) is 8.13. The van der Waals surface area contributed by atoms with Crippen molar-refractivity contribution in [2.45, 2.75) is 33.0 Å². The third kappa shape index (κ3) is 3.96. The van der Waals surface area contributed by atoms with E-state index in [0.717, 1.165) is 10.9 Å². The smallest absolute Gasteiger partial charge is 0.336 e. The van der Waals surface area contributed by atoms with Gasteiger partial charge in [0.25, 0.3) is 5.91 Å². The van der Waals surface area contributed by atoms with Crippen LogP contribution in [0.15, 0.2) is 27.4 Å². The van der Waals surface area contributed by atoms with Crippen LogP contribution in [0.4, 0.5) is 0 Å². The zero-order valence-corrected chi connectivity index (χ0v) is 15.1. The number of morpholine rings is 1. The fraction of sp³-hybridized carbons (Fsp3) is 0.444. The number of amides is 1. The van der Waals surface area contributed by atoms with Gasteiger partial charge in [-0.25, -0.2) is 4.79 Å². The lowest BCUT2D eigenvalue weighted by Gasteiger charge is -2.35. The van der Waals surface area contributed by atoms with Crippen molar-refractivity contribution < 1.29 is 18.7 Å². The molecule has 0 bridgehead atoms. The van der Waals surface area contributed by atoms with Gasteiger partial charge in [0.15, 0.2) is 6.61 Å². The molecule has 1 amide bonds. The second kappa shape index (κ2) is 7.06. The second-order valence-electron chi connectivity index (χ2n) is 6.37. The van der Waals surface area contributed by atoms with Crippen LogP contribution >= 0.6 is 11.6 Å². The van der Waals surface area contributed by atoms with Crippen molar-refractivity contribution in [3.63, 3.8) is 0 Å². The standard InChI is InChI=1S/C18H20ClNO5/c1-10-4-18(22)25-15-6-16(14(19)5-13(10)15)23-9-17(21)20-7-11(2)24-12(3)8-20/h4-6,11-12H,7-9H2,1-3H3/t11-,12-/m1/s1. The summed E-state index contributed by atoms with van der Waals surface area (Å²) in [6, 6.07) is 4.63. The van der Waals surface area contributed by atoms with Crippen molar-refractivity contribution in [3.05, 3.63) is 39.2 Å². The summed E-state index contributed by atoms with van der Waals surface area (Å²) >= 11 is 6.24. The van der Waals surface area contributed by atoms with Crippen molar-refractivity contribution in [3.8, 4) is 5.75 Å². The van der Waals surface area contributed by atoms with Crippen LogP contribution in [0.2, 0.25) is 5.02 Å². The predicted octanol–water partition coefficient (Wildman–Crippen LogP) is 2.77. The van der Waals surface area contributed by atoms with Crippen molar-refractivity contribution in [2.24, 2.45) is 0 Å². The summed E-state index contributed by atoms with van der Waals surface area (Å²) in [7, 11) is 0. The summed E-state index contributed by atoms with van der Waals surface area (Å²) < 4.78 is 16.4. The van der Waals surface area contributed by atoms with E-state index in [1.165, 1.54) is 6.07 Å². The van der Waals surface area contributed by atoms with E-state index in [1.807, 2.05) is 13.8 Å². The van der Waals surface area contributed by atoms with Gasteiger partial charge in [-0.2, -0.15) is 0 Å². The van der Waals surface area contributed by atoms with Crippen molar-refractivity contribution >= 4 is 28.5 Å². The van der Waals surface area contributed by atoms with E-state index in [4.69, 9.17) is 25.5 Å². The van der Waals surface area contributed by atoms with Gasteiger partial charge in [0.05, 0.1) is 17.2 Å². The van der Waals surface area contributed by atoms with E-state index in [2.05, 4.69) is 0 Å². The number of fused-ring (bicyclic) bond motifs is 1. The van der Waals surface area contributed by atoms with E-state index < -0.39 is 5.63 Å². The Morgan fingerprint density at radius 2 is 1.96 bits per heavy atom. The monoisotopic (exact) mass is 365 g/mol. The molecule has 1 saturated heterocycles. The maximum atomic E-state index is 12.4. The third-order valence-electron chi connectivity index (χ3n) is 4.13. The van der Waals surface area contributed by atoms with Crippen LogP contribution in [-0.2, 0) is 9.53 Å². The summed E-state index contributed by atoms with van der Waals surface area (Å²) in [6.07, 6.45) is -0.0107.